The number of aliphatic hydroxyl groups is 1. The normalized spacial score (nSPS) is 19.6. The first-order valence-electron chi connectivity index (χ1n) is 5.89. The average Bonchev–Trinajstić information content (AvgIpc) is 2.94. The molecule has 1 heterocycles. The number of hydrogen-bond acceptors (Lipinski definition) is 3. The van der Waals surface area contributed by atoms with Crippen molar-refractivity contribution in [2.24, 2.45) is 5.41 Å². The Morgan fingerprint density at radius 1 is 1.61 bits per heavy atom. The molecule has 1 aromatic heterocycles. The predicted octanol–water partition coefficient (Wildman–Crippen LogP) is 0.954. The van der Waals surface area contributed by atoms with Crippen molar-refractivity contribution in [2.45, 2.75) is 26.3 Å². The topological polar surface area (TPSA) is 62.2 Å². The molecule has 4 heteroatoms. The molecule has 94 valence electrons. The molecule has 1 aliphatic carbocycles. The highest BCUT2D eigenvalue weighted by Crippen LogP contribution is 2.44. The quantitative estimate of drug-likeness (QED) is 0.761. The number of hydrogen-bond donors (Lipinski definition) is 2. The molecule has 0 aliphatic heterocycles. The van der Waals surface area contributed by atoms with E-state index in [0.717, 1.165) is 6.42 Å². The fourth-order valence-corrected chi connectivity index (χ4v) is 1.69. The van der Waals surface area contributed by atoms with Crippen LogP contribution in [0.1, 0.15) is 36.3 Å². The molecule has 1 amide bonds. The third kappa shape index (κ3) is 2.88. The minimum Gasteiger partial charge on any atom is -0.384 e. The molecule has 1 saturated carbocycles. The molecular formula is C14H16N2O2. The first-order chi connectivity index (χ1) is 8.53. The number of rotatable bonds is 2. The zero-order chi connectivity index (χ0) is 13.2. The van der Waals surface area contributed by atoms with Crippen molar-refractivity contribution < 1.29 is 9.90 Å². The Kier molecular flexibility index (Phi) is 3.35. The maximum Gasteiger partial charge on any atom is 0.270 e. The fraction of sp³-hybridized carbons (Fsp3) is 0.429. The van der Waals surface area contributed by atoms with Crippen molar-refractivity contribution in [2.75, 3.05) is 6.61 Å². The van der Waals surface area contributed by atoms with Gasteiger partial charge in [0.15, 0.2) is 0 Å². The third-order valence-electron chi connectivity index (χ3n) is 3.13. The molecule has 1 unspecified atom stereocenters. The number of nitrogens with zero attached hydrogens (tertiary/aromatic N) is 1. The van der Waals surface area contributed by atoms with Gasteiger partial charge in [-0.15, -0.1) is 0 Å². The number of nitrogens with one attached hydrogen (secondary N) is 1. The molecule has 1 aliphatic rings. The molecule has 18 heavy (non-hydrogen) atoms. The van der Waals surface area contributed by atoms with Crippen LogP contribution >= 0.6 is 0 Å². The van der Waals surface area contributed by atoms with Gasteiger partial charge >= 0.3 is 0 Å². The lowest BCUT2D eigenvalue weighted by atomic mass is 10.2. The van der Waals surface area contributed by atoms with E-state index in [-0.39, 0.29) is 24.0 Å². The van der Waals surface area contributed by atoms with Crippen LogP contribution in [0, 0.1) is 17.3 Å². The second-order valence-electron chi connectivity index (χ2n) is 5.11. The number of amides is 1. The Labute approximate surface area is 106 Å². The summed E-state index contributed by atoms with van der Waals surface area (Å²) >= 11 is 0. The van der Waals surface area contributed by atoms with E-state index in [9.17, 15) is 4.79 Å². The summed E-state index contributed by atoms with van der Waals surface area (Å²) in [4.78, 5) is 15.9. The van der Waals surface area contributed by atoms with Crippen LogP contribution in [0.25, 0.3) is 0 Å². The highest BCUT2D eigenvalue weighted by Gasteiger charge is 2.46. The van der Waals surface area contributed by atoms with E-state index >= 15 is 0 Å². The summed E-state index contributed by atoms with van der Waals surface area (Å²) in [7, 11) is 0. The van der Waals surface area contributed by atoms with Crippen LogP contribution in [0.4, 0.5) is 0 Å². The van der Waals surface area contributed by atoms with Gasteiger partial charge in [-0.3, -0.25) is 4.79 Å². The van der Waals surface area contributed by atoms with Gasteiger partial charge in [0.2, 0.25) is 0 Å². The zero-order valence-electron chi connectivity index (χ0n) is 10.5. The Balaban J connectivity index is 1.99. The van der Waals surface area contributed by atoms with Crippen molar-refractivity contribution >= 4 is 5.91 Å². The van der Waals surface area contributed by atoms with Gasteiger partial charge in [-0.25, -0.2) is 4.98 Å². The first-order valence-corrected chi connectivity index (χ1v) is 5.89. The largest absolute Gasteiger partial charge is 0.384 e. The maximum atomic E-state index is 11.9. The van der Waals surface area contributed by atoms with Gasteiger partial charge in [-0.05, 0) is 24.0 Å². The van der Waals surface area contributed by atoms with Gasteiger partial charge in [0, 0.05) is 17.8 Å². The second-order valence-corrected chi connectivity index (χ2v) is 5.11. The summed E-state index contributed by atoms with van der Waals surface area (Å²) in [5, 5.41) is 11.5. The molecule has 2 rings (SSSR count). The summed E-state index contributed by atoms with van der Waals surface area (Å²) in [6, 6.07) is 3.62. The molecule has 0 aromatic carbocycles. The summed E-state index contributed by atoms with van der Waals surface area (Å²) in [6.45, 7) is 4.07. The highest BCUT2D eigenvalue weighted by molar-refractivity contribution is 5.92. The molecule has 1 atom stereocenters. The van der Waals surface area contributed by atoms with E-state index < -0.39 is 0 Å². The minimum absolute atomic E-state index is 0.146. The maximum absolute atomic E-state index is 11.9. The number of pyridine rings is 1. The van der Waals surface area contributed by atoms with Crippen LogP contribution in [0.2, 0.25) is 0 Å². The first kappa shape index (κ1) is 12.6. The standard InChI is InChI=1S/C14H16N2O2/c1-14(2)8-12(14)16-13(18)11-6-5-10(9-15-11)4-3-7-17/h5-6,9,12,17H,7-8H2,1-2H3,(H,16,18). The van der Waals surface area contributed by atoms with E-state index in [4.69, 9.17) is 5.11 Å². The highest BCUT2D eigenvalue weighted by atomic mass is 16.2. The Hall–Kier alpha value is -1.86. The second kappa shape index (κ2) is 4.79. The Bertz CT molecular complexity index is 509. The van der Waals surface area contributed by atoms with Crippen LogP contribution in [0.5, 0.6) is 0 Å². The lowest BCUT2D eigenvalue weighted by Crippen LogP contribution is -2.29. The summed E-state index contributed by atoms with van der Waals surface area (Å²) in [5.74, 6) is 5.12. The molecule has 1 fully saturated rings. The lowest BCUT2D eigenvalue weighted by Gasteiger charge is -2.06. The summed E-state index contributed by atoms with van der Waals surface area (Å²) in [6.07, 6.45) is 2.55. The van der Waals surface area contributed by atoms with E-state index in [2.05, 4.69) is 36.0 Å². The van der Waals surface area contributed by atoms with Crippen molar-refractivity contribution in [1.82, 2.24) is 10.3 Å². The van der Waals surface area contributed by atoms with E-state index in [1.54, 1.807) is 12.1 Å². The van der Waals surface area contributed by atoms with Crippen LogP contribution < -0.4 is 5.32 Å². The van der Waals surface area contributed by atoms with Crippen LogP contribution in [0.3, 0.4) is 0 Å². The van der Waals surface area contributed by atoms with Crippen molar-refractivity contribution in [3.63, 3.8) is 0 Å². The SMILES string of the molecule is CC1(C)CC1NC(=O)c1ccc(C#CCO)cn1. The smallest absolute Gasteiger partial charge is 0.270 e. The average molecular weight is 244 g/mol. The summed E-state index contributed by atoms with van der Waals surface area (Å²) in [5.41, 5.74) is 1.29. The van der Waals surface area contributed by atoms with Crippen LogP contribution in [0.15, 0.2) is 18.3 Å². The van der Waals surface area contributed by atoms with Crippen molar-refractivity contribution in [3.8, 4) is 11.8 Å². The van der Waals surface area contributed by atoms with E-state index in [1.165, 1.54) is 6.20 Å². The Morgan fingerprint density at radius 3 is 2.83 bits per heavy atom. The third-order valence-corrected chi connectivity index (χ3v) is 3.13. The minimum atomic E-state index is -0.182. The van der Waals surface area contributed by atoms with E-state index in [0.29, 0.717) is 11.3 Å². The van der Waals surface area contributed by atoms with Gasteiger partial charge < -0.3 is 10.4 Å². The summed E-state index contributed by atoms with van der Waals surface area (Å²) < 4.78 is 0. The van der Waals surface area contributed by atoms with Gasteiger partial charge in [0.25, 0.3) is 5.91 Å². The zero-order valence-corrected chi connectivity index (χ0v) is 10.5. The molecule has 0 spiro atoms. The van der Waals surface area contributed by atoms with Gasteiger partial charge in [0.05, 0.1) is 0 Å². The Morgan fingerprint density at radius 2 is 2.33 bits per heavy atom. The fourth-order valence-electron chi connectivity index (χ4n) is 1.69. The molecule has 2 N–H and O–H groups in total. The molecule has 0 bridgehead atoms. The van der Waals surface area contributed by atoms with E-state index in [1.807, 2.05) is 0 Å². The van der Waals surface area contributed by atoms with Crippen LogP contribution in [-0.2, 0) is 0 Å². The van der Waals surface area contributed by atoms with Crippen molar-refractivity contribution in [1.29, 1.82) is 0 Å². The predicted molar refractivity (Wildman–Crippen MR) is 67.9 cm³/mol. The number of carbonyl (C=O) groups excluding carboxylic acids is 1. The lowest BCUT2D eigenvalue weighted by molar-refractivity contribution is 0.0941. The van der Waals surface area contributed by atoms with Gasteiger partial charge in [-0.2, -0.15) is 0 Å². The molecular weight excluding hydrogens is 228 g/mol. The molecule has 1 aromatic rings. The molecule has 0 radical (unpaired) electrons. The van der Waals surface area contributed by atoms with Gasteiger partial charge in [-0.1, -0.05) is 25.7 Å². The van der Waals surface area contributed by atoms with Crippen LogP contribution in [-0.4, -0.2) is 28.6 Å². The van der Waals surface area contributed by atoms with Gasteiger partial charge in [0.1, 0.15) is 12.3 Å². The monoisotopic (exact) mass is 244 g/mol. The number of aliphatic hydroxyl groups excluding tert-OH is 1. The van der Waals surface area contributed by atoms with Crippen molar-refractivity contribution in [3.05, 3.63) is 29.6 Å². The number of aromatic nitrogens is 1. The molecule has 4 nitrogen and oxygen atoms in total. The number of carbonyl (C=O) groups is 1. The molecule has 0 saturated heterocycles.